The highest BCUT2D eigenvalue weighted by molar-refractivity contribution is 5.76. The third-order valence-electron chi connectivity index (χ3n) is 7.86. The predicted octanol–water partition coefficient (Wildman–Crippen LogP) is 4.89. The summed E-state index contributed by atoms with van der Waals surface area (Å²) >= 11 is 0. The van der Waals surface area contributed by atoms with Crippen molar-refractivity contribution in [3.63, 3.8) is 0 Å². The van der Waals surface area contributed by atoms with Crippen LogP contribution in [0.4, 0.5) is 5.69 Å². The lowest BCUT2D eigenvalue weighted by molar-refractivity contribution is 0.249. The molecular formula is C30H33N3O3. The van der Waals surface area contributed by atoms with E-state index in [9.17, 15) is 4.79 Å². The van der Waals surface area contributed by atoms with E-state index in [1.807, 2.05) is 16.7 Å². The van der Waals surface area contributed by atoms with Gasteiger partial charge in [-0.25, -0.2) is 4.79 Å². The van der Waals surface area contributed by atoms with Crippen molar-refractivity contribution >= 4 is 16.8 Å². The number of methoxy groups -OCH3 is 1. The maximum Gasteiger partial charge on any atom is 0.419 e. The summed E-state index contributed by atoms with van der Waals surface area (Å²) in [5.41, 5.74) is 6.82. The first-order chi connectivity index (χ1) is 17.7. The zero-order chi connectivity index (χ0) is 24.5. The van der Waals surface area contributed by atoms with Gasteiger partial charge in [0, 0.05) is 38.6 Å². The fourth-order valence-corrected chi connectivity index (χ4v) is 5.96. The Bertz CT molecular complexity index is 1400. The van der Waals surface area contributed by atoms with Gasteiger partial charge in [0.2, 0.25) is 0 Å². The molecule has 6 rings (SSSR count). The van der Waals surface area contributed by atoms with Gasteiger partial charge in [-0.05, 0) is 66.8 Å². The van der Waals surface area contributed by atoms with Gasteiger partial charge in [0.25, 0.3) is 0 Å². The third-order valence-corrected chi connectivity index (χ3v) is 7.86. The van der Waals surface area contributed by atoms with Crippen molar-refractivity contribution in [3.05, 3.63) is 94.0 Å². The number of hydrogen-bond acceptors (Lipinski definition) is 5. The summed E-state index contributed by atoms with van der Waals surface area (Å²) in [6.45, 7) is 5.60. The molecule has 2 aliphatic rings. The van der Waals surface area contributed by atoms with Crippen LogP contribution in [-0.2, 0) is 13.0 Å². The predicted molar refractivity (Wildman–Crippen MR) is 143 cm³/mol. The molecule has 6 heteroatoms. The molecule has 0 N–H and O–H groups in total. The summed E-state index contributed by atoms with van der Waals surface area (Å²) < 4.78 is 13.0. The number of nitrogens with zero attached hydrogens (tertiary/aromatic N) is 3. The van der Waals surface area contributed by atoms with Gasteiger partial charge < -0.3 is 14.1 Å². The lowest BCUT2D eigenvalue weighted by Gasteiger charge is -2.36. The van der Waals surface area contributed by atoms with Gasteiger partial charge in [-0.1, -0.05) is 42.5 Å². The number of hydrogen-bond donors (Lipinski definition) is 0. The maximum absolute atomic E-state index is 12.7. The Labute approximate surface area is 211 Å². The van der Waals surface area contributed by atoms with Crippen molar-refractivity contribution in [2.24, 2.45) is 0 Å². The van der Waals surface area contributed by atoms with Gasteiger partial charge in [-0.15, -0.1) is 0 Å². The molecule has 1 aliphatic heterocycles. The van der Waals surface area contributed by atoms with Crippen LogP contribution >= 0.6 is 0 Å². The van der Waals surface area contributed by atoms with Crippen LogP contribution in [0.1, 0.15) is 35.4 Å². The van der Waals surface area contributed by atoms with Gasteiger partial charge >= 0.3 is 5.76 Å². The number of para-hydroxylation sites is 2. The summed E-state index contributed by atoms with van der Waals surface area (Å²) in [5.74, 6) is 1.08. The van der Waals surface area contributed by atoms with Crippen molar-refractivity contribution in [3.8, 4) is 5.75 Å². The van der Waals surface area contributed by atoms with Crippen LogP contribution in [0.5, 0.6) is 5.75 Å². The minimum absolute atomic E-state index is 0.245. The highest BCUT2D eigenvalue weighted by atomic mass is 16.5. The molecule has 1 aromatic heterocycles. The van der Waals surface area contributed by atoms with Crippen LogP contribution in [0.3, 0.4) is 0 Å². The lowest BCUT2D eigenvalue weighted by Crippen LogP contribution is -2.46. The molecule has 1 aliphatic carbocycles. The van der Waals surface area contributed by atoms with Crippen LogP contribution in [0.15, 0.2) is 75.9 Å². The molecule has 0 bridgehead atoms. The normalized spacial score (nSPS) is 18.0. The Kier molecular flexibility index (Phi) is 6.28. The van der Waals surface area contributed by atoms with Gasteiger partial charge in [0.05, 0.1) is 18.3 Å². The number of benzene rings is 3. The topological polar surface area (TPSA) is 50.9 Å². The van der Waals surface area contributed by atoms with Crippen LogP contribution in [0.2, 0.25) is 0 Å². The van der Waals surface area contributed by atoms with Gasteiger partial charge in [-0.2, -0.15) is 0 Å². The minimum atomic E-state index is -0.245. The SMILES string of the molecule is COc1ccccc1N1CCN(CCCn2c(=O)oc3cc4c(cc32)C(c2ccccc2)CC4)CC1. The molecule has 3 aromatic carbocycles. The first kappa shape index (κ1) is 22.9. The number of rotatable bonds is 7. The summed E-state index contributed by atoms with van der Waals surface area (Å²) in [6.07, 6.45) is 3.06. The van der Waals surface area contributed by atoms with Crippen molar-refractivity contribution in [1.29, 1.82) is 0 Å². The smallest absolute Gasteiger partial charge is 0.419 e. The molecule has 1 atom stereocenters. The molecule has 1 fully saturated rings. The molecule has 1 saturated heterocycles. The van der Waals surface area contributed by atoms with E-state index in [2.05, 4.69) is 64.4 Å². The summed E-state index contributed by atoms with van der Waals surface area (Å²) in [6, 6.07) is 23.2. The maximum atomic E-state index is 12.7. The molecule has 1 unspecified atom stereocenters. The molecule has 0 saturated carbocycles. The second-order valence-corrected chi connectivity index (χ2v) is 9.89. The second kappa shape index (κ2) is 9.86. The average Bonchev–Trinajstić information content (AvgIpc) is 3.47. The van der Waals surface area contributed by atoms with E-state index in [0.717, 1.165) is 74.5 Å². The fraction of sp³-hybridized carbons (Fsp3) is 0.367. The molecular weight excluding hydrogens is 450 g/mol. The van der Waals surface area contributed by atoms with Crippen molar-refractivity contribution in [1.82, 2.24) is 9.47 Å². The van der Waals surface area contributed by atoms with E-state index < -0.39 is 0 Å². The van der Waals surface area contributed by atoms with Crippen molar-refractivity contribution in [2.75, 3.05) is 44.7 Å². The number of fused-ring (bicyclic) bond motifs is 2. The van der Waals surface area contributed by atoms with Crippen LogP contribution in [-0.4, -0.2) is 49.3 Å². The molecule has 0 radical (unpaired) electrons. The van der Waals surface area contributed by atoms with Gasteiger partial charge in [0.15, 0.2) is 5.58 Å². The second-order valence-electron chi connectivity index (χ2n) is 9.89. The van der Waals surface area contributed by atoms with E-state index in [1.54, 1.807) is 7.11 Å². The summed E-state index contributed by atoms with van der Waals surface area (Å²) in [4.78, 5) is 17.6. The number of ether oxygens (including phenoxy) is 1. The standard InChI is InChI=1S/C30H33N3O3/c1-35-28-11-6-5-10-26(28)32-18-16-31(17-19-32)14-7-15-33-27-21-25-23(20-29(27)36-30(33)34)12-13-24(25)22-8-3-2-4-9-22/h2-6,8-11,20-21,24H,7,12-19H2,1H3. The van der Waals surface area contributed by atoms with Crippen molar-refractivity contribution in [2.45, 2.75) is 31.7 Å². The highest BCUT2D eigenvalue weighted by Gasteiger charge is 2.26. The average molecular weight is 484 g/mol. The van der Waals surface area contributed by atoms with Crippen molar-refractivity contribution < 1.29 is 9.15 Å². The van der Waals surface area contributed by atoms with E-state index >= 15 is 0 Å². The largest absolute Gasteiger partial charge is 0.495 e. The quantitative estimate of drug-likeness (QED) is 0.375. The minimum Gasteiger partial charge on any atom is -0.495 e. The molecule has 186 valence electrons. The molecule has 0 spiro atoms. The van der Waals surface area contributed by atoms with Crippen LogP contribution in [0, 0.1) is 0 Å². The Morgan fingerprint density at radius 3 is 2.53 bits per heavy atom. The monoisotopic (exact) mass is 483 g/mol. The third kappa shape index (κ3) is 4.30. The summed E-state index contributed by atoms with van der Waals surface area (Å²) in [5, 5.41) is 0. The summed E-state index contributed by atoms with van der Waals surface area (Å²) in [7, 11) is 1.73. The Morgan fingerprint density at radius 1 is 0.944 bits per heavy atom. The molecule has 2 heterocycles. The lowest BCUT2D eigenvalue weighted by atomic mass is 9.93. The van der Waals surface area contributed by atoms with Crippen LogP contribution in [0.25, 0.3) is 11.1 Å². The Balaban J connectivity index is 1.12. The molecule has 36 heavy (non-hydrogen) atoms. The first-order valence-corrected chi connectivity index (χ1v) is 13.0. The van der Waals surface area contributed by atoms with Gasteiger partial charge in [-0.3, -0.25) is 9.47 Å². The number of aryl methyl sites for hydroxylation is 2. The van der Waals surface area contributed by atoms with Gasteiger partial charge in [0.1, 0.15) is 5.75 Å². The van der Waals surface area contributed by atoms with Crippen LogP contribution < -0.4 is 15.4 Å². The number of aromatic nitrogens is 1. The molecule has 6 nitrogen and oxygen atoms in total. The van der Waals surface area contributed by atoms with E-state index in [4.69, 9.17) is 9.15 Å². The van der Waals surface area contributed by atoms with E-state index in [1.165, 1.54) is 16.7 Å². The number of oxazole rings is 1. The number of piperazine rings is 1. The zero-order valence-electron chi connectivity index (χ0n) is 20.9. The first-order valence-electron chi connectivity index (χ1n) is 13.0. The Morgan fingerprint density at radius 2 is 1.72 bits per heavy atom. The number of anilines is 1. The molecule has 4 aromatic rings. The zero-order valence-corrected chi connectivity index (χ0v) is 20.9. The highest BCUT2D eigenvalue weighted by Crippen LogP contribution is 2.40. The molecule has 0 amide bonds. The van der Waals surface area contributed by atoms with E-state index in [0.29, 0.717) is 12.5 Å². The van der Waals surface area contributed by atoms with E-state index in [-0.39, 0.29) is 5.76 Å². The Hall–Kier alpha value is -3.51. The fourth-order valence-electron chi connectivity index (χ4n) is 5.96.